The molecule has 0 saturated heterocycles. The molecule has 28 heavy (non-hydrogen) atoms. The van der Waals surface area contributed by atoms with Gasteiger partial charge >= 0.3 is 0 Å². The Hall–Kier alpha value is -3.12. The molecule has 0 unspecified atom stereocenters. The summed E-state index contributed by atoms with van der Waals surface area (Å²) in [5, 5.41) is 6.61. The molecule has 3 rings (SSSR count). The monoisotopic (exact) mass is 396 g/mol. The number of hydrogen-bond donors (Lipinski definition) is 2. The number of carbonyl (C=O) groups is 1. The van der Waals surface area contributed by atoms with E-state index in [0.717, 1.165) is 17.7 Å². The van der Waals surface area contributed by atoms with Crippen molar-refractivity contribution in [3.05, 3.63) is 76.7 Å². The van der Waals surface area contributed by atoms with Crippen LogP contribution in [0.15, 0.2) is 54.9 Å². The molecule has 1 aromatic heterocycles. The summed E-state index contributed by atoms with van der Waals surface area (Å²) in [5.41, 5.74) is 3.02. The highest BCUT2D eigenvalue weighted by Crippen LogP contribution is 2.20. The second-order valence-electron chi connectivity index (χ2n) is 6.23. The number of nitrogens with zero attached hydrogens (tertiary/aromatic N) is 2. The maximum absolute atomic E-state index is 12.4. The normalized spacial score (nSPS) is 10.4. The molecule has 0 aliphatic heterocycles. The number of methoxy groups -OCH3 is 1. The fourth-order valence-electron chi connectivity index (χ4n) is 2.57. The van der Waals surface area contributed by atoms with Crippen molar-refractivity contribution >= 4 is 29.0 Å². The van der Waals surface area contributed by atoms with Crippen molar-refractivity contribution in [2.45, 2.75) is 13.3 Å². The van der Waals surface area contributed by atoms with Gasteiger partial charge in [-0.3, -0.25) is 4.79 Å². The number of aryl methyl sites for hydroxylation is 1. The lowest BCUT2D eigenvalue weighted by atomic mass is 10.1. The van der Waals surface area contributed by atoms with Gasteiger partial charge in [0.1, 0.15) is 23.6 Å². The molecule has 0 bridgehead atoms. The summed E-state index contributed by atoms with van der Waals surface area (Å²) in [7, 11) is 1.65. The predicted octanol–water partition coefficient (Wildman–Crippen LogP) is 4.35. The predicted molar refractivity (Wildman–Crippen MR) is 111 cm³/mol. The molecule has 0 fully saturated rings. The molecule has 7 heteroatoms. The van der Waals surface area contributed by atoms with Gasteiger partial charge in [-0.15, -0.1) is 0 Å². The topological polar surface area (TPSA) is 76.1 Å². The summed E-state index contributed by atoms with van der Waals surface area (Å²) in [4.78, 5) is 20.7. The van der Waals surface area contributed by atoms with Crippen LogP contribution in [0.5, 0.6) is 5.75 Å². The Morgan fingerprint density at radius 1 is 1.11 bits per heavy atom. The number of halogens is 1. The van der Waals surface area contributed by atoms with Crippen molar-refractivity contribution in [3.8, 4) is 5.75 Å². The van der Waals surface area contributed by atoms with Gasteiger partial charge in [0.2, 0.25) is 0 Å². The maximum atomic E-state index is 12.4. The quantitative estimate of drug-likeness (QED) is 0.620. The second kappa shape index (κ2) is 9.19. The molecule has 0 atom stereocenters. The maximum Gasteiger partial charge on any atom is 0.274 e. The molecule has 0 saturated carbocycles. The van der Waals surface area contributed by atoms with E-state index >= 15 is 0 Å². The van der Waals surface area contributed by atoms with Gasteiger partial charge in [0, 0.05) is 23.3 Å². The molecule has 2 aromatic carbocycles. The lowest BCUT2D eigenvalue weighted by molar-refractivity contribution is 0.102. The molecule has 3 aromatic rings. The SMILES string of the molecule is COc1ccc(CCNc2cc(C(=O)Nc3ccc(C)c(Cl)c3)ncn2)cc1. The second-order valence-corrected chi connectivity index (χ2v) is 6.64. The van der Waals surface area contributed by atoms with Crippen LogP contribution in [0.4, 0.5) is 11.5 Å². The Kier molecular flexibility index (Phi) is 6.45. The van der Waals surface area contributed by atoms with Crippen LogP contribution in [-0.2, 0) is 6.42 Å². The van der Waals surface area contributed by atoms with Crippen LogP contribution in [0.1, 0.15) is 21.6 Å². The van der Waals surface area contributed by atoms with Crippen molar-refractivity contribution in [2.24, 2.45) is 0 Å². The van der Waals surface area contributed by atoms with Gasteiger partial charge in [-0.05, 0) is 48.7 Å². The van der Waals surface area contributed by atoms with Crippen molar-refractivity contribution in [1.29, 1.82) is 0 Å². The summed E-state index contributed by atoms with van der Waals surface area (Å²) in [6.45, 7) is 2.58. The minimum absolute atomic E-state index is 0.277. The molecular formula is C21H21ClN4O2. The van der Waals surface area contributed by atoms with E-state index in [0.29, 0.717) is 23.1 Å². The first kappa shape index (κ1) is 19.6. The smallest absolute Gasteiger partial charge is 0.274 e. The van der Waals surface area contributed by atoms with Crippen LogP contribution >= 0.6 is 11.6 Å². The molecule has 0 radical (unpaired) electrons. The van der Waals surface area contributed by atoms with Gasteiger partial charge in [-0.25, -0.2) is 9.97 Å². The highest BCUT2D eigenvalue weighted by Gasteiger charge is 2.10. The molecule has 0 aliphatic rings. The van der Waals surface area contributed by atoms with Crippen molar-refractivity contribution in [3.63, 3.8) is 0 Å². The van der Waals surface area contributed by atoms with E-state index < -0.39 is 0 Å². The van der Waals surface area contributed by atoms with Crippen molar-refractivity contribution < 1.29 is 9.53 Å². The Labute approximate surface area is 168 Å². The highest BCUT2D eigenvalue weighted by atomic mass is 35.5. The minimum atomic E-state index is -0.319. The van der Waals surface area contributed by atoms with Gasteiger partial charge in [-0.1, -0.05) is 29.8 Å². The number of amides is 1. The first-order valence-corrected chi connectivity index (χ1v) is 9.19. The molecule has 144 valence electrons. The molecule has 2 N–H and O–H groups in total. The largest absolute Gasteiger partial charge is 0.497 e. The average Bonchev–Trinajstić information content (AvgIpc) is 2.71. The third-order valence-corrected chi connectivity index (χ3v) is 4.62. The van der Waals surface area contributed by atoms with Crippen LogP contribution in [-0.4, -0.2) is 29.5 Å². The van der Waals surface area contributed by atoms with Crippen LogP contribution < -0.4 is 15.4 Å². The van der Waals surface area contributed by atoms with Gasteiger partial charge in [0.05, 0.1) is 7.11 Å². The zero-order chi connectivity index (χ0) is 19.9. The number of nitrogens with one attached hydrogen (secondary N) is 2. The fraction of sp³-hybridized carbons (Fsp3) is 0.190. The van der Waals surface area contributed by atoms with Gasteiger partial charge in [0.15, 0.2) is 0 Å². The third-order valence-electron chi connectivity index (χ3n) is 4.21. The summed E-state index contributed by atoms with van der Waals surface area (Å²) in [6, 6.07) is 14.9. The van der Waals surface area contributed by atoms with E-state index in [1.165, 1.54) is 11.9 Å². The van der Waals surface area contributed by atoms with Gasteiger partial charge in [0.25, 0.3) is 5.91 Å². The summed E-state index contributed by atoms with van der Waals surface area (Å²) in [6.07, 6.45) is 2.18. The van der Waals surface area contributed by atoms with E-state index in [1.807, 2.05) is 37.3 Å². The van der Waals surface area contributed by atoms with Crippen molar-refractivity contribution in [2.75, 3.05) is 24.3 Å². The van der Waals surface area contributed by atoms with E-state index in [-0.39, 0.29) is 11.6 Å². The van der Waals surface area contributed by atoms with Crippen LogP contribution in [0.2, 0.25) is 5.02 Å². The van der Waals surface area contributed by atoms with E-state index in [4.69, 9.17) is 16.3 Å². The number of benzene rings is 2. The summed E-state index contributed by atoms with van der Waals surface area (Å²) in [5.74, 6) is 1.11. The number of rotatable bonds is 7. The van der Waals surface area contributed by atoms with Crippen LogP contribution in [0.25, 0.3) is 0 Å². The Bertz CT molecular complexity index is 961. The number of hydrogen-bond acceptors (Lipinski definition) is 5. The van der Waals surface area contributed by atoms with Crippen LogP contribution in [0.3, 0.4) is 0 Å². The lowest BCUT2D eigenvalue weighted by Crippen LogP contribution is -2.15. The molecule has 0 aliphatic carbocycles. The zero-order valence-corrected chi connectivity index (χ0v) is 16.5. The van der Waals surface area contributed by atoms with Gasteiger partial charge < -0.3 is 15.4 Å². The molecule has 6 nitrogen and oxygen atoms in total. The number of anilines is 2. The molecule has 0 spiro atoms. The molecule has 1 amide bonds. The summed E-state index contributed by atoms with van der Waals surface area (Å²) >= 11 is 6.10. The highest BCUT2D eigenvalue weighted by molar-refractivity contribution is 6.31. The third kappa shape index (κ3) is 5.20. The lowest BCUT2D eigenvalue weighted by Gasteiger charge is -2.09. The van der Waals surface area contributed by atoms with E-state index in [2.05, 4.69) is 20.6 Å². The first-order valence-electron chi connectivity index (χ1n) is 8.81. The molecular weight excluding hydrogens is 376 g/mol. The zero-order valence-electron chi connectivity index (χ0n) is 15.7. The standard InChI is InChI=1S/C21H21ClN4O2/c1-14-3-6-16(11-18(14)22)26-21(27)19-12-20(25-13-24-19)23-10-9-15-4-7-17(28-2)8-5-15/h3-8,11-13H,9-10H2,1-2H3,(H,26,27)(H,23,24,25). The van der Waals surface area contributed by atoms with Crippen molar-refractivity contribution in [1.82, 2.24) is 9.97 Å². The Morgan fingerprint density at radius 3 is 2.61 bits per heavy atom. The average molecular weight is 397 g/mol. The van der Waals surface area contributed by atoms with Crippen LogP contribution in [0, 0.1) is 6.92 Å². The summed E-state index contributed by atoms with van der Waals surface area (Å²) < 4.78 is 5.16. The number of ether oxygens (including phenoxy) is 1. The number of aromatic nitrogens is 2. The van der Waals surface area contributed by atoms with E-state index in [9.17, 15) is 4.79 Å². The fourth-order valence-corrected chi connectivity index (χ4v) is 2.75. The number of carbonyl (C=O) groups excluding carboxylic acids is 1. The minimum Gasteiger partial charge on any atom is -0.497 e. The molecule has 1 heterocycles. The van der Waals surface area contributed by atoms with E-state index in [1.54, 1.807) is 25.3 Å². The Morgan fingerprint density at radius 2 is 1.89 bits per heavy atom. The van der Waals surface area contributed by atoms with Gasteiger partial charge in [-0.2, -0.15) is 0 Å². The Balaban J connectivity index is 1.58. The first-order chi connectivity index (χ1) is 13.5.